The minimum absolute atomic E-state index is 0.168. The lowest BCUT2D eigenvalue weighted by Gasteiger charge is -2.10. The second-order valence-corrected chi connectivity index (χ2v) is 7.90. The first-order valence-corrected chi connectivity index (χ1v) is 10.3. The van der Waals surface area contributed by atoms with E-state index in [9.17, 15) is 4.79 Å². The average molecular weight is 452 g/mol. The van der Waals surface area contributed by atoms with Gasteiger partial charge in [0.05, 0.1) is 12.8 Å². The van der Waals surface area contributed by atoms with Crippen LogP contribution in [0.4, 0.5) is 5.69 Å². The number of nitrogens with zero attached hydrogens (tertiary/aromatic N) is 4. The van der Waals surface area contributed by atoms with Gasteiger partial charge in [-0.05, 0) is 42.5 Å². The van der Waals surface area contributed by atoms with Crippen molar-refractivity contribution in [1.82, 2.24) is 19.8 Å². The summed E-state index contributed by atoms with van der Waals surface area (Å²) in [5.41, 5.74) is 2.09. The van der Waals surface area contributed by atoms with Gasteiger partial charge in [-0.1, -0.05) is 35.1 Å². The highest BCUT2D eigenvalue weighted by Gasteiger charge is 2.17. The average Bonchev–Trinajstić information content (AvgIpc) is 3.50. The van der Waals surface area contributed by atoms with Crippen molar-refractivity contribution in [3.63, 3.8) is 0 Å². The van der Waals surface area contributed by atoms with Crippen molar-refractivity contribution >= 4 is 39.5 Å². The number of halogens is 1. The molecule has 0 bridgehead atoms. The first-order chi connectivity index (χ1) is 15.1. The zero-order chi connectivity index (χ0) is 21.4. The van der Waals surface area contributed by atoms with Crippen molar-refractivity contribution in [2.75, 3.05) is 12.4 Å². The number of carbonyl (C=O) groups is 1. The molecule has 5 aromatic rings. The number of fused-ring (bicyclic) bond motifs is 1. The number of rotatable bonds is 5. The van der Waals surface area contributed by atoms with E-state index in [0.29, 0.717) is 27.2 Å². The van der Waals surface area contributed by atoms with Gasteiger partial charge in [-0.25, -0.2) is 0 Å². The van der Waals surface area contributed by atoms with E-state index in [2.05, 4.69) is 20.6 Å². The van der Waals surface area contributed by atoms with E-state index < -0.39 is 5.91 Å². The third-order valence-corrected chi connectivity index (χ3v) is 5.72. The summed E-state index contributed by atoms with van der Waals surface area (Å²) < 4.78 is 12.7. The van der Waals surface area contributed by atoms with E-state index in [4.69, 9.17) is 20.8 Å². The number of methoxy groups -OCH3 is 1. The SMILES string of the molecule is COc1ccc(-c2nn3cnnc3s2)cc1NC(=O)c1ccc(-c2cccc(Cl)c2)o1. The van der Waals surface area contributed by atoms with Crippen molar-refractivity contribution in [2.45, 2.75) is 0 Å². The summed E-state index contributed by atoms with van der Waals surface area (Å²) in [6.45, 7) is 0. The van der Waals surface area contributed by atoms with E-state index in [1.807, 2.05) is 18.2 Å². The van der Waals surface area contributed by atoms with Crippen molar-refractivity contribution in [2.24, 2.45) is 0 Å². The summed E-state index contributed by atoms with van der Waals surface area (Å²) >= 11 is 7.43. The van der Waals surface area contributed by atoms with Gasteiger partial charge in [0.15, 0.2) is 5.76 Å². The summed E-state index contributed by atoms with van der Waals surface area (Å²) in [6, 6.07) is 16.0. The third-order valence-electron chi connectivity index (χ3n) is 4.52. The maximum Gasteiger partial charge on any atom is 0.291 e. The van der Waals surface area contributed by atoms with Gasteiger partial charge >= 0.3 is 0 Å². The van der Waals surface area contributed by atoms with Crippen LogP contribution in [0.3, 0.4) is 0 Å². The fourth-order valence-corrected chi connectivity index (χ4v) is 4.06. The van der Waals surface area contributed by atoms with Crippen molar-refractivity contribution in [3.8, 4) is 27.6 Å². The number of hydrogen-bond donors (Lipinski definition) is 1. The minimum atomic E-state index is -0.401. The molecule has 0 atom stereocenters. The molecule has 0 aliphatic rings. The Morgan fingerprint density at radius 3 is 2.87 bits per heavy atom. The Bertz CT molecular complexity index is 1380. The van der Waals surface area contributed by atoms with Gasteiger partial charge in [0.1, 0.15) is 22.8 Å². The molecule has 3 aromatic heterocycles. The van der Waals surface area contributed by atoms with Crippen molar-refractivity contribution in [1.29, 1.82) is 0 Å². The Morgan fingerprint density at radius 2 is 2.06 bits per heavy atom. The van der Waals surface area contributed by atoms with Crippen molar-refractivity contribution in [3.05, 3.63) is 71.7 Å². The molecule has 0 saturated carbocycles. The van der Waals surface area contributed by atoms with Crippen LogP contribution in [0.25, 0.3) is 26.9 Å². The molecule has 3 heterocycles. The Hall–Kier alpha value is -3.69. The molecule has 0 radical (unpaired) electrons. The van der Waals surface area contributed by atoms with Gasteiger partial charge in [0.2, 0.25) is 4.96 Å². The molecule has 31 heavy (non-hydrogen) atoms. The lowest BCUT2D eigenvalue weighted by atomic mass is 10.2. The molecule has 8 nitrogen and oxygen atoms in total. The molecule has 5 rings (SSSR count). The lowest BCUT2D eigenvalue weighted by Crippen LogP contribution is -2.11. The standard InChI is InChI=1S/C21H14ClN5O3S/c1-29-17-6-5-13(20-26-27-11-23-25-21(27)31-20)10-15(17)24-19(28)18-8-7-16(30-18)12-3-2-4-14(22)9-12/h2-11H,1H3,(H,24,28). The summed E-state index contributed by atoms with van der Waals surface area (Å²) in [6.07, 6.45) is 1.54. The molecule has 0 spiro atoms. The second-order valence-electron chi connectivity index (χ2n) is 6.51. The number of amides is 1. The number of benzene rings is 2. The van der Waals surface area contributed by atoms with E-state index >= 15 is 0 Å². The van der Waals surface area contributed by atoms with Crippen LogP contribution in [0.5, 0.6) is 5.75 Å². The zero-order valence-electron chi connectivity index (χ0n) is 16.1. The number of furan rings is 1. The fourth-order valence-electron chi connectivity index (χ4n) is 3.06. The highest BCUT2D eigenvalue weighted by molar-refractivity contribution is 7.19. The highest BCUT2D eigenvalue weighted by atomic mass is 35.5. The molecule has 1 amide bonds. The first-order valence-electron chi connectivity index (χ1n) is 9.13. The topological polar surface area (TPSA) is 94.5 Å². The van der Waals surface area contributed by atoms with Gasteiger partial charge in [-0.3, -0.25) is 4.79 Å². The predicted molar refractivity (Wildman–Crippen MR) is 118 cm³/mol. The molecular weight excluding hydrogens is 438 g/mol. The number of carbonyl (C=O) groups excluding carboxylic acids is 1. The van der Waals surface area contributed by atoms with Gasteiger partial charge in [-0.15, -0.1) is 10.2 Å². The monoisotopic (exact) mass is 451 g/mol. The fraction of sp³-hybridized carbons (Fsp3) is 0.0476. The van der Waals surface area contributed by atoms with Crippen LogP contribution in [0.1, 0.15) is 10.6 Å². The largest absolute Gasteiger partial charge is 0.495 e. The zero-order valence-corrected chi connectivity index (χ0v) is 17.6. The molecule has 10 heteroatoms. The molecule has 0 fully saturated rings. The number of aromatic nitrogens is 4. The van der Waals surface area contributed by atoms with E-state index in [1.54, 1.807) is 40.9 Å². The quantitative estimate of drug-likeness (QED) is 0.403. The maximum atomic E-state index is 12.8. The molecule has 0 saturated heterocycles. The van der Waals surface area contributed by atoms with Crippen LogP contribution in [0, 0.1) is 0 Å². The van der Waals surface area contributed by atoms with E-state index in [-0.39, 0.29) is 5.76 Å². The summed E-state index contributed by atoms with van der Waals surface area (Å²) in [4.78, 5) is 13.5. The molecule has 0 unspecified atom stereocenters. The minimum Gasteiger partial charge on any atom is -0.495 e. The van der Waals surface area contributed by atoms with Crippen LogP contribution in [0.2, 0.25) is 5.02 Å². The van der Waals surface area contributed by atoms with Gasteiger partial charge in [0, 0.05) is 16.1 Å². The first kappa shape index (κ1) is 19.3. The normalized spacial score (nSPS) is 11.0. The van der Waals surface area contributed by atoms with Crippen LogP contribution >= 0.6 is 22.9 Å². The number of nitrogens with one attached hydrogen (secondary N) is 1. The summed E-state index contributed by atoms with van der Waals surface area (Å²) in [5.74, 6) is 0.831. The van der Waals surface area contributed by atoms with Gasteiger partial charge < -0.3 is 14.5 Å². The third kappa shape index (κ3) is 3.76. The van der Waals surface area contributed by atoms with E-state index in [0.717, 1.165) is 16.1 Å². The molecule has 1 N–H and O–H groups in total. The Balaban J connectivity index is 1.42. The Kier molecular flexibility index (Phi) is 4.89. The van der Waals surface area contributed by atoms with Crippen molar-refractivity contribution < 1.29 is 13.9 Å². The number of anilines is 1. The molecule has 154 valence electrons. The summed E-state index contributed by atoms with van der Waals surface area (Å²) in [5, 5.41) is 16.4. The predicted octanol–water partition coefficient (Wildman–Crippen LogP) is 5.03. The van der Waals surface area contributed by atoms with Gasteiger partial charge in [-0.2, -0.15) is 9.61 Å². The number of hydrogen-bond acceptors (Lipinski definition) is 7. The maximum absolute atomic E-state index is 12.8. The van der Waals surface area contributed by atoms with Crippen LogP contribution in [0.15, 0.2) is 65.3 Å². The lowest BCUT2D eigenvalue weighted by molar-refractivity contribution is 0.0997. The summed E-state index contributed by atoms with van der Waals surface area (Å²) in [7, 11) is 1.54. The van der Waals surface area contributed by atoms with Crippen LogP contribution in [-0.2, 0) is 0 Å². The molecule has 2 aromatic carbocycles. The number of ether oxygens (including phenoxy) is 1. The molecule has 0 aliphatic carbocycles. The molecule has 0 aliphatic heterocycles. The van der Waals surface area contributed by atoms with Gasteiger partial charge in [0.25, 0.3) is 5.91 Å². The molecular formula is C21H14ClN5O3S. The smallest absolute Gasteiger partial charge is 0.291 e. The Labute approximate surface area is 185 Å². The van der Waals surface area contributed by atoms with Crippen LogP contribution < -0.4 is 10.1 Å². The highest BCUT2D eigenvalue weighted by Crippen LogP contribution is 2.33. The van der Waals surface area contributed by atoms with Crippen LogP contribution in [-0.4, -0.2) is 32.8 Å². The Morgan fingerprint density at radius 1 is 1.16 bits per heavy atom. The van der Waals surface area contributed by atoms with E-state index in [1.165, 1.54) is 24.8 Å². The second kappa shape index (κ2) is 7.86.